The first-order valence-corrected chi connectivity index (χ1v) is 10.3. The number of aromatic amines is 1. The topological polar surface area (TPSA) is 52.2 Å². The molecule has 0 bridgehead atoms. The highest BCUT2D eigenvalue weighted by molar-refractivity contribution is 5.95. The van der Waals surface area contributed by atoms with Crippen molar-refractivity contribution in [3.05, 3.63) is 53.1 Å². The van der Waals surface area contributed by atoms with Crippen molar-refractivity contribution >= 4 is 5.91 Å². The molecule has 1 aromatic heterocycles. The van der Waals surface area contributed by atoms with Crippen molar-refractivity contribution < 1.29 is 9.18 Å². The van der Waals surface area contributed by atoms with Crippen LogP contribution in [0.5, 0.6) is 0 Å². The normalized spacial score (nSPS) is 18.5. The quantitative estimate of drug-likeness (QED) is 0.820. The van der Waals surface area contributed by atoms with Crippen molar-refractivity contribution in [2.75, 3.05) is 19.6 Å². The number of rotatable bonds is 6. The summed E-state index contributed by atoms with van der Waals surface area (Å²) in [6.45, 7) is 9.67. The van der Waals surface area contributed by atoms with Gasteiger partial charge in [0.05, 0.1) is 11.8 Å². The van der Waals surface area contributed by atoms with E-state index in [1.807, 2.05) is 17.0 Å². The summed E-state index contributed by atoms with van der Waals surface area (Å²) in [7, 11) is 0. The van der Waals surface area contributed by atoms with Crippen molar-refractivity contribution in [1.29, 1.82) is 0 Å². The van der Waals surface area contributed by atoms with E-state index in [4.69, 9.17) is 0 Å². The van der Waals surface area contributed by atoms with E-state index >= 15 is 0 Å². The van der Waals surface area contributed by atoms with Crippen LogP contribution in [0.4, 0.5) is 4.39 Å². The molecular weight excluding hydrogens is 355 g/mol. The van der Waals surface area contributed by atoms with Gasteiger partial charge in [-0.15, -0.1) is 0 Å². The van der Waals surface area contributed by atoms with Crippen molar-refractivity contribution in [1.82, 2.24) is 20.0 Å². The van der Waals surface area contributed by atoms with Crippen molar-refractivity contribution in [2.24, 2.45) is 5.92 Å². The summed E-state index contributed by atoms with van der Waals surface area (Å²) in [6, 6.07) is 6.99. The average molecular weight is 387 g/mol. The Labute approximate surface area is 166 Å². The van der Waals surface area contributed by atoms with Gasteiger partial charge in [0.2, 0.25) is 0 Å². The highest BCUT2D eigenvalue weighted by Gasteiger charge is 2.31. The molecule has 5 nitrogen and oxygen atoms in total. The molecule has 6 heteroatoms. The van der Waals surface area contributed by atoms with Crippen LogP contribution < -0.4 is 0 Å². The number of aryl methyl sites for hydroxylation is 1. The van der Waals surface area contributed by atoms with Crippen LogP contribution in [-0.4, -0.2) is 51.6 Å². The third kappa shape index (κ3) is 4.79. The van der Waals surface area contributed by atoms with Crippen LogP contribution in [0.3, 0.4) is 0 Å². The van der Waals surface area contributed by atoms with Gasteiger partial charge in [-0.05, 0) is 36.5 Å². The van der Waals surface area contributed by atoms with Crippen molar-refractivity contribution in [2.45, 2.75) is 52.6 Å². The van der Waals surface area contributed by atoms with Gasteiger partial charge in [-0.2, -0.15) is 5.10 Å². The number of carbonyl (C=O) groups is 1. The van der Waals surface area contributed by atoms with E-state index in [9.17, 15) is 9.18 Å². The predicted octanol–water partition coefficient (Wildman–Crippen LogP) is 3.87. The molecule has 1 saturated heterocycles. The van der Waals surface area contributed by atoms with Crippen LogP contribution in [0.1, 0.15) is 55.2 Å². The summed E-state index contributed by atoms with van der Waals surface area (Å²) in [4.78, 5) is 17.6. The van der Waals surface area contributed by atoms with Gasteiger partial charge in [-0.25, -0.2) is 4.39 Å². The Morgan fingerprint density at radius 1 is 1.29 bits per heavy atom. The second-order valence-electron chi connectivity index (χ2n) is 8.03. The molecule has 3 rings (SSSR count). The summed E-state index contributed by atoms with van der Waals surface area (Å²) in [5.74, 6) is 0.277. The van der Waals surface area contributed by atoms with E-state index in [0.29, 0.717) is 18.0 Å². The molecule has 1 aliphatic heterocycles. The monoisotopic (exact) mass is 386 g/mol. The minimum Gasteiger partial charge on any atom is -0.337 e. The molecule has 1 amide bonds. The van der Waals surface area contributed by atoms with Crippen LogP contribution >= 0.6 is 0 Å². The third-order valence-electron chi connectivity index (χ3n) is 5.55. The Morgan fingerprint density at radius 3 is 2.71 bits per heavy atom. The molecule has 1 N–H and O–H groups in total. The molecule has 0 aliphatic carbocycles. The second-order valence-corrected chi connectivity index (χ2v) is 8.03. The van der Waals surface area contributed by atoms with E-state index in [2.05, 4.69) is 35.9 Å². The van der Waals surface area contributed by atoms with Crippen molar-refractivity contribution in [3.63, 3.8) is 0 Å². The molecule has 1 aromatic carbocycles. The lowest BCUT2D eigenvalue weighted by Crippen LogP contribution is -2.45. The van der Waals surface area contributed by atoms with Gasteiger partial charge in [-0.1, -0.05) is 39.3 Å². The zero-order chi connectivity index (χ0) is 20.1. The summed E-state index contributed by atoms with van der Waals surface area (Å²) in [6.07, 6.45) is 4.40. The van der Waals surface area contributed by atoms with Crippen molar-refractivity contribution in [3.8, 4) is 0 Å². The molecule has 28 heavy (non-hydrogen) atoms. The lowest BCUT2D eigenvalue weighted by Gasteiger charge is -2.34. The van der Waals surface area contributed by atoms with Gasteiger partial charge >= 0.3 is 0 Å². The summed E-state index contributed by atoms with van der Waals surface area (Å²) < 4.78 is 13.2. The summed E-state index contributed by atoms with van der Waals surface area (Å²) in [5.41, 5.74) is 2.74. The standard InChI is InChI=1S/C22H31FN4O/c1-4-6-20-19(13-24-25-20)22(28)27-12-5-11-26(21(15-27)16(2)3)14-17-7-9-18(23)10-8-17/h7-10,13,16,21H,4-6,11-12,14-15H2,1-3H3,(H,24,25)/t21-/m1/s1. The summed E-state index contributed by atoms with van der Waals surface area (Å²) in [5, 5.41) is 7.08. The number of aromatic nitrogens is 2. The maximum atomic E-state index is 13.2. The molecule has 152 valence electrons. The zero-order valence-electron chi connectivity index (χ0n) is 17.1. The van der Waals surface area contributed by atoms with E-state index in [0.717, 1.165) is 50.2 Å². The maximum Gasteiger partial charge on any atom is 0.257 e. The number of carbonyl (C=O) groups excluding carboxylic acids is 1. The zero-order valence-corrected chi connectivity index (χ0v) is 17.1. The Morgan fingerprint density at radius 2 is 2.04 bits per heavy atom. The second kappa shape index (κ2) is 9.32. The van der Waals surface area contributed by atoms with E-state index < -0.39 is 0 Å². The predicted molar refractivity (Wildman–Crippen MR) is 109 cm³/mol. The fourth-order valence-electron chi connectivity index (χ4n) is 4.01. The molecule has 0 radical (unpaired) electrons. The molecule has 0 unspecified atom stereocenters. The minimum absolute atomic E-state index is 0.0754. The fraction of sp³-hybridized carbons (Fsp3) is 0.545. The van der Waals surface area contributed by atoms with Gasteiger partial charge in [0.15, 0.2) is 0 Å². The smallest absolute Gasteiger partial charge is 0.257 e. The van der Waals surface area contributed by atoms with Crippen LogP contribution in [0.2, 0.25) is 0 Å². The number of benzene rings is 1. The Hall–Kier alpha value is -2.21. The maximum absolute atomic E-state index is 13.2. The summed E-state index contributed by atoms with van der Waals surface area (Å²) >= 11 is 0. The number of amides is 1. The Balaban J connectivity index is 1.75. The fourth-order valence-corrected chi connectivity index (χ4v) is 4.01. The lowest BCUT2D eigenvalue weighted by atomic mass is 10.0. The molecule has 1 aliphatic rings. The van der Waals surface area contributed by atoms with E-state index in [1.165, 1.54) is 12.1 Å². The van der Waals surface area contributed by atoms with Gasteiger partial charge < -0.3 is 4.90 Å². The molecule has 2 heterocycles. The Kier molecular flexibility index (Phi) is 6.83. The molecule has 2 aromatic rings. The first kappa shape index (κ1) is 20.5. The van der Waals surface area contributed by atoms with Gasteiger partial charge in [-0.3, -0.25) is 14.8 Å². The SMILES string of the molecule is CCCc1[nH]ncc1C(=O)N1CCCN(Cc2ccc(F)cc2)[C@@H](C(C)C)C1. The number of H-pyrrole nitrogens is 1. The average Bonchev–Trinajstić information content (AvgIpc) is 3.02. The number of nitrogens with one attached hydrogen (secondary N) is 1. The molecule has 1 fully saturated rings. The largest absolute Gasteiger partial charge is 0.337 e. The van der Waals surface area contributed by atoms with Crippen LogP contribution in [0.15, 0.2) is 30.5 Å². The third-order valence-corrected chi connectivity index (χ3v) is 5.55. The van der Waals surface area contributed by atoms with E-state index in [1.54, 1.807) is 6.20 Å². The minimum atomic E-state index is -0.209. The number of nitrogens with zero attached hydrogens (tertiary/aromatic N) is 3. The van der Waals surface area contributed by atoms with E-state index in [-0.39, 0.29) is 17.8 Å². The molecule has 0 spiro atoms. The first-order chi connectivity index (χ1) is 13.5. The van der Waals surface area contributed by atoms with Gasteiger partial charge in [0, 0.05) is 37.9 Å². The van der Waals surface area contributed by atoms with Gasteiger partial charge in [0.25, 0.3) is 5.91 Å². The lowest BCUT2D eigenvalue weighted by molar-refractivity contribution is 0.0701. The first-order valence-electron chi connectivity index (χ1n) is 10.3. The van der Waals surface area contributed by atoms with Gasteiger partial charge in [0.1, 0.15) is 5.82 Å². The molecular formula is C22H31FN4O. The van der Waals surface area contributed by atoms with Crippen LogP contribution in [0, 0.1) is 11.7 Å². The molecule has 0 saturated carbocycles. The highest BCUT2D eigenvalue weighted by Crippen LogP contribution is 2.22. The van der Waals surface area contributed by atoms with Crippen LogP contribution in [-0.2, 0) is 13.0 Å². The van der Waals surface area contributed by atoms with Crippen LogP contribution in [0.25, 0.3) is 0 Å². The number of hydrogen-bond donors (Lipinski definition) is 1. The number of halogens is 1. The number of hydrogen-bond acceptors (Lipinski definition) is 3. The molecule has 1 atom stereocenters. The highest BCUT2D eigenvalue weighted by atomic mass is 19.1. The Bertz CT molecular complexity index is 771.